The van der Waals surface area contributed by atoms with Gasteiger partial charge in [-0.05, 0) is 36.7 Å². The van der Waals surface area contributed by atoms with E-state index in [0.717, 1.165) is 0 Å². The number of hydrogen-bond donors (Lipinski definition) is 2. The van der Waals surface area contributed by atoms with Crippen LogP contribution in [0.15, 0.2) is 69.8 Å². The van der Waals surface area contributed by atoms with Crippen LogP contribution in [0, 0.1) is 6.92 Å². The van der Waals surface area contributed by atoms with Gasteiger partial charge in [0.2, 0.25) is 0 Å². The lowest BCUT2D eigenvalue weighted by Crippen LogP contribution is -2.33. The van der Waals surface area contributed by atoms with Crippen LogP contribution < -0.4 is 20.9 Å². The SMILES string of the molecule is Cc1cn([C@H]2CC(N=[N+]=[N-])[C@@H](COP(=O)(Nc3ccccn3)Oc3cccnc3)O2)c(=O)[nH]c1=O. The number of aromatic nitrogens is 4. The number of nitrogens with one attached hydrogen (secondary N) is 2. The highest BCUT2D eigenvalue weighted by molar-refractivity contribution is 7.55. The van der Waals surface area contributed by atoms with E-state index < -0.39 is 37.4 Å². The van der Waals surface area contributed by atoms with E-state index in [-0.39, 0.29) is 24.6 Å². The van der Waals surface area contributed by atoms with Crippen LogP contribution in [0.1, 0.15) is 18.2 Å². The minimum Gasteiger partial charge on any atom is -0.407 e. The quantitative estimate of drug-likeness (QED) is 0.193. The molecule has 4 rings (SSSR count). The van der Waals surface area contributed by atoms with Crippen LogP contribution in [0.2, 0.25) is 0 Å². The van der Waals surface area contributed by atoms with E-state index in [4.69, 9.17) is 19.3 Å². The second-order valence-corrected chi connectivity index (χ2v) is 9.18. The summed E-state index contributed by atoms with van der Waals surface area (Å²) in [6.45, 7) is 1.24. The van der Waals surface area contributed by atoms with Crippen LogP contribution in [0.25, 0.3) is 10.4 Å². The fourth-order valence-corrected chi connectivity index (χ4v) is 4.69. The van der Waals surface area contributed by atoms with Crippen LogP contribution >= 0.6 is 7.75 Å². The van der Waals surface area contributed by atoms with E-state index in [0.29, 0.717) is 5.56 Å². The molecule has 15 heteroatoms. The van der Waals surface area contributed by atoms with Crippen LogP contribution in [0.4, 0.5) is 5.82 Å². The molecule has 35 heavy (non-hydrogen) atoms. The summed E-state index contributed by atoms with van der Waals surface area (Å²) in [4.78, 5) is 37.0. The van der Waals surface area contributed by atoms with Crippen molar-refractivity contribution in [3.63, 3.8) is 0 Å². The van der Waals surface area contributed by atoms with Crippen LogP contribution in [-0.2, 0) is 13.8 Å². The summed E-state index contributed by atoms with van der Waals surface area (Å²) in [5.41, 5.74) is 8.12. The Kier molecular flexibility index (Phi) is 7.28. The largest absolute Gasteiger partial charge is 0.487 e. The number of aryl methyl sites for hydroxylation is 1. The molecule has 2 N–H and O–H groups in total. The second kappa shape index (κ2) is 10.5. The van der Waals surface area contributed by atoms with Gasteiger partial charge in [0.15, 0.2) is 0 Å². The maximum Gasteiger partial charge on any atom is 0.487 e. The monoisotopic (exact) mass is 500 g/mol. The molecule has 4 atom stereocenters. The van der Waals surface area contributed by atoms with Gasteiger partial charge in [-0.1, -0.05) is 11.2 Å². The fourth-order valence-electron chi connectivity index (χ4n) is 3.39. The van der Waals surface area contributed by atoms with Gasteiger partial charge in [-0.3, -0.25) is 28.9 Å². The normalized spacial score (nSPS) is 21.0. The maximum atomic E-state index is 13.6. The molecule has 1 fully saturated rings. The first-order valence-corrected chi connectivity index (χ1v) is 12.0. The second-order valence-electron chi connectivity index (χ2n) is 7.52. The first kappa shape index (κ1) is 24.2. The molecule has 0 amide bonds. The minimum atomic E-state index is -4.06. The third-order valence-electron chi connectivity index (χ3n) is 5.05. The van der Waals surface area contributed by atoms with Crippen LogP contribution in [0.5, 0.6) is 5.75 Å². The first-order valence-electron chi connectivity index (χ1n) is 10.4. The van der Waals surface area contributed by atoms with Crippen molar-refractivity contribution in [1.29, 1.82) is 0 Å². The lowest BCUT2D eigenvalue weighted by Gasteiger charge is -2.22. The number of aromatic amines is 1. The number of hydrogen-bond acceptors (Lipinski definition) is 9. The topological polar surface area (TPSA) is 186 Å². The number of ether oxygens (including phenoxy) is 1. The Labute approximate surface area is 198 Å². The van der Waals surface area contributed by atoms with E-state index in [1.807, 2.05) is 0 Å². The molecule has 0 spiro atoms. The molecule has 1 aliphatic rings. The highest BCUT2D eigenvalue weighted by Gasteiger charge is 2.39. The van der Waals surface area contributed by atoms with Crippen molar-refractivity contribution in [2.75, 3.05) is 11.7 Å². The number of azide groups is 1. The molecule has 0 bridgehead atoms. The van der Waals surface area contributed by atoms with Gasteiger partial charge >= 0.3 is 13.4 Å². The summed E-state index contributed by atoms with van der Waals surface area (Å²) in [5, 5.41) is 6.39. The third kappa shape index (κ3) is 5.94. The Bertz CT molecular complexity index is 1330. The van der Waals surface area contributed by atoms with Crippen molar-refractivity contribution in [2.24, 2.45) is 5.11 Å². The molecule has 4 heterocycles. The van der Waals surface area contributed by atoms with Gasteiger partial charge in [-0.15, -0.1) is 0 Å². The number of H-pyrrole nitrogens is 1. The first-order chi connectivity index (χ1) is 16.9. The molecule has 182 valence electrons. The zero-order valence-corrected chi connectivity index (χ0v) is 19.3. The summed E-state index contributed by atoms with van der Waals surface area (Å²) >= 11 is 0. The molecule has 3 aromatic heterocycles. The maximum absolute atomic E-state index is 13.6. The van der Waals surface area contributed by atoms with Crippen molar-refractivity contribution in [3.05, 3.63) is 92.0 Å². The molecule has 3 aromatic rings. The van der Waals surface area contributed by atoms with Crippen LogP contribution in [0.3, 0.4) is 0 Å². The molecule has 1 aliphatic heterocycles. The van der Waals surface area contributed by atoms with E-state index >= 15 is 0 Å². The number of rotatable bonds is 9. The average molecular weight is 500 g/mol. The Morgan fingerprint density at radius 3 is 2.91 bits per heavy atom. The fraction of sp³-hybridized carbons (Fsp3) is 0.300. The number of pyridine rings is 2. The Morgan fingerprint density at radius 2 is 2.20 bits per heavy atom. The number of anilines is 1. The van der Waals surface area contributed by atoms with E-state index in [9.17, 15) is 14.2 Å². The van der Waals surface area contributed by atoms with Gasteiger partial charge in [0.1, 0.15) is 17.8 Å². The van der Waals surface area contributed by atoms with Crippen molar-refractivity contribution >= 4 is 13.6 Å². The summed E-state index contributed by atoms with van der Waals surface area (Å²) in [6, 6.07) is 7.38. The van der Waals surface area contributed by atoms with Gasteiger partial charge in [0, 0.05) is 35.5 Å². The van der Waals surface area contributed by atoms with Crippen LogP contribution in [-0.4, -0.2) is 38.3 Å². The summed E-state index contributed by atoms with van der Waals surface area (Å²) in [6.07, 6.45) is 4.18. The van der Waals surface area contributed by atoms with Gasteiger partial charge in [-0.2, -0.15) is 0 Å². The predicted molar refractivity (Wildman–Crippen MR) is 124 cm³/mol. The molecular weight excluding hydrogens is 479 g/mol. The zero-order valence-electron chi connectivity index (χ0n) is 18.4. The van der Waals surface area contributed by atoms with E-state index in [1.165, 1.54) is 29.4 Å². The zero-order chi connectivity index (χ0) is 24.8. The van der Waals surface area contributed by atoms with Gasteiger partial charge in [-0.25, -0.2) is 14.3 Å². The molecule has 2 unspecified atom stereocenters. The third-order valence-corrected chi connectivity index (χ3v) is 6.49. The minimum absolute atomic E-state index is 0.130. The smallest absolute Gasteiger partial charge is 0.407 e. The summed E-state index contributed by atoms with van der Waals surface area (Å²) < 4.78 is 31.9. The Hall–Kier alpha value is -3.96. The molecule has 0 saturated carbocycles. The van der Waals surface area contributed by atoms with Gasteiger partial charge in [0.25, 0.3) is 5.56 Å². The van der Waals surface area contributed by atoms with E-state index in [2.05, 4.69) is 30.1 Å². The highest BCUT2D eigenvalue weighted by atomic mass is 31.2. The Balaban J connectivity index is 1.55. The summed E-state index contributed by atoms with van der Waals surface area (Å²) in [7, 11) is -4.06. The standard InChI is InChI=1S/C20H21N8O6P/c1-13-11-28(20(30)24-19(13)29)18-9-15(25-27-21)16(33-18)12-32-35(31,26-17-6-2-3-8-23-17)34-14-5-4-7-22-10-14/h2-8,10-11,15-16,18H,9,12H2,1H3,(H,23,26,31)(H,24,29,30)/t15?,16-,18-,35?/m1/s1. The highest BCUT2D eigenvalue weighted by Crippen LogP contribution is 2.48. The average Bonchev–Trinajstić information content (AvgIpc) is 3.24. The Morgan fingerprint density at radius 1 is 1.34 bits per heavy atom. The lowest BCUT2D eigenvalue weighted by molar-refractivity contribution is -0.0234. The van der Waals surface area contributed by atoms with Gasteiger partial charge < -0.3 is 9.26 Å². The predicted octanol–water partition coefficient (Wildman–Crippen LogP) is 2.92. The van der Waals surface area contributed by atoms with Crippen molar-refractivity contribution in [1.82, 2.24) is 19.5 Å². The van der Waals surface area contributed by atoms with Crippen molar-refractivity contribution in [3.8, 4) is 5.75 Å². The van der Waals surface area contributed by atoms with E-state index in [1.54, 1.807) is 37.3 Å². The molecule has 14 nitrogen and oxygen atoms in total. The summed E-state index contributed by atoms with van der Waals surface area (Å²) in [5.74, 6) is 0.429. The molecular formula is C20H21N8O6P. The number of nitrogens with zero attached hydrogens (tertiary/aromatic N) is 6. The van der Waals surface area contributed by atoms with Crippen molar-refractivity contribution < 1.29 is 18.3 Å². The lowest BCUT2D eigenvalue weighted by atomic mass is 10.1. The molecule has 0 radical (unpaired) electrons. The van der Waals surface area contributed by atoms with Crippen molar-refractivity contribution in [2.45, 2.75) is 31.7 Å². The molecule has 0 aromatic carbocycles. The molecule has 1 saturated heterocycles. The van der Waals surface area contributed by atoms with Gasteiger partial charge in [0.05, 0.1) is 24.9 Å². The molecule has 0 aliphatic carbocycles.